The average molecular weight is 195 g/mol. The SMILES string of the molecule is CN(CCCCO)c1cccc(O)c1. The van der Waals surface area contributed by atoms with Crippen molar-refractivity contribution >= 4 is 5.69 Å². The molecule has 0 fully saturated rings. The lowest BCUT2D eigenvalue weighted by molar-refractivity contribution is 0.285. The number of nitrogens with zero attached hydrogens (tertiary/aromatic N) is 1. The first kappa shape index (κ1) is 10.9. The maximum absolute atomic E-state index is 9.27. The first-order valence-electron chi connectivity index (χ1n) is 4.85. The van der Waals surface area contributed by atoms with Crippen molar-refractivity contribution in [2.75, 3.05) is 25.1 Å². The van der Waals surface area contributed by atoms with Crippen molar-refractivity contribution < 1.29 is 10.2 Å². The molecule has 0 aromatic heterocycles. The van der Waals surface area contributed by atoms with Gasteiger partial charge in [-0.1, -0.05) is 6.07 Å². The van der Waals surface area contributed by atoms with Gasteiger partial charge < -0.3 is 15.1 Å². The highest BCUT2D eigenvalue weighted by atomic mass is 16.3. The number of hydrogen-bond donors (Lipinski definition) is 2. The monoisotopic (exact) mass is 195 g/mol. The largest absolute Gasteiger partial charge is 0.508 e. The number of phenolic OH excluding ortho intramolecular Hbond substituents is 1. The van der Waals surface area contributed by atoms with E-state index in [0.717, 1.165) is 25.1 Å². The molecule has 14 heavy (non-hydrogen) atoms. The van der Waals surface area contributed by atoms with Crippen LogP contribution in [-0.4, -0.2) is 30.4 Å². The lowest BCUT2D eigenvalue weighted by Gasteiger charge is -2.18. The summed E-state index contributed by atoms with van der Waals surface area (Å²) >= 11 is 0. The van der Waals surface area contributed by atoms with Crippen molar-refractivity contribution in [1.82, 2.24) is 0 Å². The van der Waals surface area contributed by atoms with Crippen LogP contribution in [0.4, 0.5) is 5.69 Å². The number of benzene rings is 1. The Morgan fingerprint density at radius 3 is 2.71 bits per heavy atom. The molecule has 0 bridgehead atoms. The number of phenols is 1. The summed E-state index contributed by atoms with van der Waals surface area (Å²) in [5, 5.41) is 17.9. The van der Waals surface area contributed by atoms with Gasteiger partial charge in [0.15, 0.2) is 0 Å². The zero-order valence-electron chi connectivity index (χ0n) is 8.48. The minimum Gasteiger partial charge on any atom is -0.508 e. The Morgan fingerprint density at radius 1 is 1.29 bits per heavy atom. The van der Waals surface area contributed by atoms with E-state index in [-0.39, 0.29) is 12.4 Å². The Balaban J connectivity index is 2.47. The maximum Gasteiger partial charge on any atom is 0.117 e. The van der Waals surface area contributed by atoms with Crippen LogP contribution >= 0.6 is 0 Å². The molecule has 0 radical (unpaired) electrons. The molecule has 0 unspecified atom stereocenters. The fourth-order valence-electron chi connectivity index (χ4n) is 1.32. The third-order valence-electron chi connectivity index (χ3n) is 2.17. The predicted octanol–water partition coefficient (Wildman–Crippen LogP) is 1.60. The summed E-state index contributed by atoms with van der Waals surface area (Å²) in [6, 6.07) is 7.18. The molecule has 78 valence electrons. The van der Waals surface area contributed by atoms with E-state index < -0.39 is 0 Å². The molecule has 2 N–H and O–H groups in total. The number of aromatic hydroxyl groups is 1. The van der Waals surface area contributed by atoms with Crippen LogP contribution in [-0.2, 0) is 0 Å². The standard InChI is InChI=1S/C11H17NO2/c1-12(7-2-3-8-13)10-5-4-6-11(14)9-10/h4-6,9,13-14H,2-3,7-8H2,1H3. The summed E-state index contributed by atoms with van der Waals surface area (Å²) in [7, 11) is 1.98. The highest BCUT2D eigenvalue weighted by Gasteiger charge is 2.00. The molecule has 0 aliphatic rings. The second kappa shape index (κ2) is 5.50. The van der Waals surface area contributed by atoms with Crippen molar-refractivity contribution in [2.24, 2.45) is 0 Å². The van der Waals surface area contributed by atoms with Crippen LogP contribution in [0.2, 0.25) is 0 Å². The fourth-order valence-corrected chi connectivity index (χ4v) is 1.32. The summed E-state index contributed by atoms with van der Waals surface area (Å²) in [6.45, 7) is 1.14. The number of unbranched alkanes of at least 4 members (excludes halogenated alkanes) is 1. The molecule has 0 aliphatic carbocycles. The van der Waals surface area contributed by atoms with Crippen LogP contribution < -0.4 is 4.90 Å². The number of anilines is 1. The van der Waals surface area contributed by atoms with E-state index in [9.17, 15) is 5.11 Å². The average Bonchev–Trinajstić information content (AvgIpc) is 2.18. The molecule has 3 nitrogen and oxygen atoms in total. The van der Waals surface area contributed by atoms with Gasteiger partial charge >= 0.3 is 0 Å². The van der Waals surface area contributed by atoms with E-state index in [2.05, 4.69) is 4.90 Å². The lowest BCUT2D eigenvalue weighted by Crippen LogP contribution is -2.18. The summed E-state index contributed by atoms with van der Waals surface area (Å²) in [6.07, 6.45) is 1.78. The number of aliphatic hydroxyl groups is 1. The van der Waals surface area contributed by atoms with Gasteiger partial charge in [0, 0.05) is 32.0 Å². The van der Waals surface area contributed by atoms with Crippen molar-refractivity contribution in [1.29, 1.82) is 0 Å². The molecule has 0 heterocycles. The third-order valence-corrected chi connectivity index (χ3v) is 2.17. The molecular weight excluding hydrogens is 178 g/mol. The Bertz CT molecular complexity index is 276. The minimum absolute atomic E-state index is 0.244. The quantitative estimate of drug-likeness (QED) is 0.701. The molecule has 3 heteroatoms. The minimum atomic E-state index is 0.244. The van der Waals surface area contributed by atoms with E-state index in [0.29, 0.717) is 0 Å². The van der Waals surface area contributed by atoms with Gasteiger partial charge in [0.25, 0.3) is 0 Å². The van der Waals surface area contributed by atoms with Crippen molar-refractivity contribution in [3.05, 3.63) is 24.3 Å². The van der Waals surface area contributed by atoms with Crippen LogP contribution in [0.1, 0.15) is 12.8 Å². The van der Waals surface area contributed by atoms with Gasteiger partial charge in [0.2, 0.25) is 0 Å². The van der Waals surface area contributed by atoms with Gasteiger partial charge in [-0.3, -0.25) is 0 Å². The smallest absolute Gasteiger partial charge is 0.117 e. The molecular formula is C11H17NO2. The zero-order chi connectivity index (χ0) is 10.4. The van der Waals surface area contributed by atoms with Crippen LogP contribution in [0.3, 0.4) is 0 Å². The van der Waals surface area contributed by atoms with Gasteiger partial charge in [-0.15, -0.1) is 0 Å². The van der Waals surface area contributed by atoms with E-state index >= 15 is 0 Å². The lowest BCUT2D eigenvalue weighted by atomic mass is 10.2. The summed E-state index contributed by atoms with van der Waals surface area (Å²) in [4.78, 5) is 2.06. The molecule has 0 aliphatic heterocycles. The summed E-state index contributed by atoms with van der Waals surface area (Å²) < 4.78 is 0. The zero-order valence-corrected chi connectivity index (χ0v) is 8.48. The van der Waals surface area contributed by atoms with Crippen LogP contribution in [0.25, 0.3) is 0 Å². The Hall–Kier alpha value is -1.22. The third kappa shape index (κ3) is 3.26. The molecule has 0 saturated carbocycles. The topological polar surface area (TPSA) is 43.7 Å². The van der Waals surface area contributed by atoms with Gasteiger partial charge in [-0.2, -0.15) is 0 Å². The molecule has 0 spiro atoms. The molecule has 0 atom stereocenters. The maximum atomic E-state index is 9.27. The van der Waals surface area contributed by atoms with E-state index in [1.165, 1.54) is 0 Å². The van der Waals surface area contributed by atoms with Crippen LogP contribution in [0, 0.1) is 0 Å². The van der Waals surface area contributed by atoms with Gasteiger partial charge in [-0.05, 0) is 25.0 Å². The number of rotatable bonds is 5. The Kier molecular flexibility index (Phi) is 4.26. The van der Waals surface area contributed by atoms with E-state index in [1.54, 1.807) is 12.1 Å². The van der Waals surface area contributed by atoms with Gasteiger partial charge in [-0.25, -0.2) is 0 Å². The summed E-state index contributed by atoms with van der Waals surface area (Å²) in [5.74, 6) is 0.288. The highest BCUT2D eigenvalue weighted by molar-refractivity contribution is 5.49. The fraction of sp³-hybridized carbons (Fsp3) is 0.455. The predicted molar refractivity (Wildman–Crippen MR) is 57.7 cm³/mol. The van der Waals surface area contributed by atoms with E-state index in [1.807, 2.05) is 19.2 Å². The molecule has 0 amide bonds. The highest BCUT2D eigenvalue weighted by Crippen LogP contribution is 2.18. The normalized spacial score (nSPS) is 10.1. The molecule has 0 saturated heterocycles. The van der Waals surface area contributed by atoms with E-state index in [4.69, 9.17) is 5.11 Å². The van der Waals surface area contributed by atoms with Crippen LogP contribution in [0.15, 0.2) is 24.3 Å². The van der Waals surface area contributed by atoms with Crippen molar-refractivity contribution in [3.63, 3.8) is 0 Å². The molecule has 1 rings (SSSR count). The van der Waals surface area contributed by atoms with Crippen LogP contribution in [0.5, 0.6) is 5.75 Å². The van der Waals surface area contributed by atoms with Crippen molar-refractivity contribution in [2.45, 2.75) is 12.8 Å². The Morgan fingerprint density at radius 2 is 2.07 bits per heavy atom. The number of aliphatic hydroxyl groups excluding tert-OH is 1. The Labute approximate surface area is 84.6 Å². The first-order valence-corrected chi connectivity index (χ1v) is 4.85. The summed E-state index contributed by atoms with van der Waals surface area (Å²) in [5.41, 5.74) is 1.00. The van der Waals surface area contributed by atoms with Gasteiger partial charge in [0.1, 0.15) is 5.75 Å². The van der Waals surface area contributed by atoms with Crippen molar-refractivity contribution in [3.8, 4) is 5.75 Å². The van der Waals surface area contributed by atoms with Gasteiger partial charge in [0.05, 0.1) is 0 Å². The number of hydrogen-bond acceptors (Lipinski definition) is 3. The first-order chi connectivity index (χ1) is 6.74. The molecule has 1 aromatic rings. The second-order valence-corrected chi connectivity index (χ2v) is 3.37. The molecule has 1 aromatic carbocycles. The second-order valence-electron chi connectivity index (χ2n) is 3.37.